The molecular formula is C29H35N3O3. The predicted octanol–water partition coefficient (Wildman–Crippen LogP) is 4.10. The third kappa shape index (κ3) is 6.59. The van der Waals surface area contributed by atoms with E-state index in [1.54, 1.807) is 11.0 Å². The van der Waals surface area contributed by atoms with Gasteiger partial charge < -0.3 is 15.5 Å². The van der Waals surface area contributed by atoms with Gasteiger partial charge in [-0.15, -0.1) is 0 Å². The third-order valence-corrected chi connectivity index (χ3v) is 7.12. The van der Waals surface area contributed by atoms with E-state index in [2.05, 4.69) is 10.6 Å². The van der Waals surface area contributed by atoms with Gasteiger partial charge in [0.25, 0.3) is 5.91 Å². The van der Waals surface area contributed by atoms with Crippen LogP contribution in [0.5, 0.6) is 0 Å². The summed E-state index contributed by atoms with van der Waals surface area (Å²) >= 11 is 0. The molecule has 1 saturated carbocycles. The fraction of sp³-hybridized carbons (Fsp3) is 0.414. The zero-order valence-corrected chi connectivity index (χ0v) is 20.4. The van der Waals surface area contributed by atoms with E-state index >= 15 is 0 Å². The Morgan fingerprint density at radius 3 is 2.29 bits per heavy atom. The standard InChI is InChI=1S/C29H35N3O3/c1-21-10-5-6-14-24(21)29(35)31-26-16-8-7-15-25(26)30-28(34)23-13-9-19-32(20-23)27(33)18-17-22-11-3-2-4-12-22/h2-6,10-12,14,17-18,23,25-26H,7-9,13,15-16,19-20H2,1H3,(H,30,34)(H,31,35)/b18-17+/t23?,25-,26-/m1/s1. The van der Waals surface area contributed by atoms with Gasteiger partial charge in [0, 0.05) is 36.8 Å². The number of amides is 3. The number of piperidine rings is 1. The Balaban J connectivity index is 1.34. The van der Waals surface area contributed by atoms with Crippen LogP contribution in [0.3, 0.4) is 0 Å². The summed E-state index contributed by atoms with van der Waals surface area (Å²) in [6.07, 6.45) is 8.74. The molecule has 2 aliphatic rings. The van der Waals surface area contributed by atoms with Gasteiger partial charge in [0.2, 0.25) is 11.8 Å². The van der Waals surface area contributed by atoms with Crippen LogP contribution in [0.25, 0.3) is 6.08 Å². The van der Waals surface area contributed by atoms with E-state index in [1.165, 1.54) is 0 Å². The van der Waals surface area contributed by atoms with Crippen molar-refractivity contribution < 1.29 is 14.4 Å². The minimum Gasteiger partial charge on any atom is -0.351 e. The molecule has 184 valence electrons. The normalized spacial score (nSPS) is 22.5. The van der Waals surface area contributed by atoms with Gasteiger partial charge >= 0.3 is 0 Å². The first-order chi connectivity index (χ1) is 17.0. The smallest absolute Gasteiger partial charge is 0.251 e. The predicted molar refractivity (Wildman–Crippen MR) is 138 cm³/mol. The second-order valence-electron chi connectivity index (χ2n) is 9.66. The molecular weight excluding hydrogens is 438 g/mol. The quantitative estimate of drug-likeness (QED) is 0.620. The SMILES string of the molecule is Cc1ccccc1C(=O)N[C@@H]1CCCC[C@H]1NC(=O)C1CCCN(C(=O)/C=C/c2ccccc2)C1. The lowest BCUT2D eigenvalue weighted by Crippen LogP contribution is -2.55. The summed E-state index contributed by atoms with van der Waals surface area (Å²) in [5, 5.41) is 6.38. The van der Waals surface area contributed by atoms with Crippen molar-refractivity contribution in [2.24, 2.45) is 5.92 Å². The highest BCUT2D eigenvalue weighted by atomic mass is 16.2. The number of aryl methyl sites for hydroxylation is 1. The molecule has 3 atom stereocenters. The van der Waals surface area contributed by atoms with Crippen molar-refractivity contribution in [2.45, 2.75) is 57.5 Å². The monoisotopic (exact) mass is 473 g/mol. The van der Waals surface area contributed by atoms with Gasteiger partial charge in [0.05, 0.1) is 5.92 Å². The molecule has 6 nitrogen and oxygen atoms in total. The molecule has 0 aromatic heterocycles. The van der Waals surface area contributed by atoms with Gasteiger partial charge in [-0.1, -0.05) is 61.4 Å². The number of carbonyl (C=O) groups is 3. The number of carbonyl (C=O) groups excluding carboxylic acids is 3. The van der Waals surface area contributed by atoms with Crippen LogP contribution < -0.4 is 10.6 Å². The van der Waals surface area contributed by atoms with Crippen molar-refractivity contribution in [3.05, 3.63) is 77.4 Å². The largest absolute Gasteiger partial charge is 0.351 e. The molecule has 2 fully saturated rings. The molecule has 3 amide bonds. The number of nitrogens with zero attached hydrogens (tertiary/aromatic N) is 1. The van der Waals surface area contributed by atoms with Crippen molar-refractivity contribution in [1.82, 2.24) is 15.5 Å². The highest BCUT2D eigenvalue weighted by Gasteiger charge is 2.33. The lowest BCUT2D eigenvalue weighted by atomic mass is 9.88. The second kappa shape index (κ2) is 11.8. The summed E-state index contributed by atoms with van der Waals surface area (Å²) in [4.78, 5) is 40.6. The number of benzene rings is 2. The topological polar surface area (TPSA) is 78.5 Å². The summed E-state index contributed by atoms with van der Waals surface area (Å²) in [6.45, 7) is 3.03. The lowest BCUT2D eigenvalue weighted by Gasteiger charge is -2.36. The van der Waals surface area contributed by atoms with Gasteiger partial charge in [-0.3, -0.25) is 14.4 Å². The minimum absolute atomic E-state index is 0.0171. The number of nitrogens with one attached hydrogen (secondary N) is 2. The summed E-state index contributed by atoms with van der Waals surface area (Å²) in [5.41, 5.74) is 2.59. The Morgan fingerprint density at radius 2 is 1.54 bits per heavy atom. The van der Waals surface area contributed by atoms with Gasteiger partial charge in [0.15, 0.2) is 0 Å². The van der Waals surface area contributed by atoms with Crippen molar-refractivity contribution in [3.8, 4) is 0 Å². The Morgan fingerprint density at radius 1 is 0.857 bits per heavy atom. The fourth-order valence-corrected chi connectivity index (χ4v) is 5.08. The van der Waals surface area contributed by atoms with E-state index in [9.17, 15) is 14.4 Å². The van der Waals surface area contributed by atoms with Crippen molar-refractivity contribution in [3.63, 3.8) is 0 Å². The van der Waals surface area contributed by atoms with Crippen molar-refractivity contribution >= 4 is 23.8 Å². The van der Waals surface area contributed by atoms with E-state index < -0.39 is 0 Å². The molecule has 1 unspecified atom stereocenters. The second-order valence-corrected chi connectivity index (χ2v) is 9.66. The van der Waals surface area contributed by atoms with Crippen LogP contribution in [-0.2, 0) is 9.59 Å². The van der Waals surface area contributed by atoms with Crippen molar-refractivity contribution in [2.75, 3.05) is 13.1 Å². The Kier molecular flexibility index (Phi) is 8.35. The highest BCUT2D eigenvalue weighted by Crippen LogP contribution is 2.22. The maximum atomic E-state index is 13.2. The number of hydrogen-bond donors (Lipinski definition) is 2. The molecule has 1 saturated heterocycles. The first-order valence-electron chi connectivity index (χ1n) is 12.7. The summed E-state index contributed by atoms with van der Waals surface area (Å²) < 4.78 is 0. The van der Waals surface area contributed by atoms with E-state index in [1.807, 2.05) is 67.6 Å². The summed E-state index contributed by atoms with van der Waals surface area (Å²) in [7, 11) is 0. The number of rotatable bonds is 6. The van der Waals surface area contributed by atoms with Gasteiger partial charge in [-0.2, -0.15) is 0 Å². The Hall–Kier alpha value is -3.41. The number of hydrogen-bond acceptors (Lipinski definition) is 3. The molecule has 1 aliphatic carbocycles. The average molecular weight is 474 g/mol. The Bertz CT molecular complexity index is 1070. The van der Waals surface area contributed by atoms with E-state index in [-0.39, 0.29) is 35.7 Å². The zero-order chi connectivity index (χ0) is 24.6. The van der Waals surface area contributed by atoms with Crippen LogP contribution in [0.15, 0.2) is 60.7 Å². The molecule has 35 heavy (non-hydrogen) atoms. The van der Waals surface area contributed by atoms with Gasteiger partial charge in [-0.25, -0.2) is 0 Å². The first-order valence-corrected chi connectivity index (χ1v) is 12.7. The fourth-order valence-electron chi connectivity index (χ4n) is 5.08. The van der Waals surface area contributed by atoms with Crippen LogP contribution in [0.1, 0.15) is 60.0 Å². The summed E-state index contributed by atoms with van der Waals surface area (Å²) in [5.74, 6) is -0.398. The van der Waals surface area contributed by atoms with E-state index in [0.717, 1.165) is 49.7 Å². The molecule has 2 aromatic rings. The first kappa shape index (κ1) is 24.7. The maximum Gasteiger partial charge on any atom is 0.251 e. The molecule has 0 bridgehead atoms. The molecule has 2 aromatic carbocycles. The molecule has 1 heterocycles. The van der Waals surface area contributed by atoms with E-state index in [0.29, 0.717) is 18.7 Å². The third-order valence-electron chi connectivity index (χ3n) is 7.12. The number of likely N-dealkylation sites (tertiary alicyclic amines) is 1. The molecule has 6 heteroatoms. The molecule has 0 radical (unpaired) electrons. The van der Waals surface area contributed by atoms with Crippen LogP contribution in [0, 0.1) is 12.8 Å². The van der Waals surface area contributed by atoms with E-state index in [4.69, 9.17) is 0 Å². The van der Waals surface area contributed by atoms with Gasteiger partial charge in [-0.05, 0) is 55.9 Å². The van der Waals surface area contributed by atoms with Crippen molar-refractivity contribution in [1.29, 1.82) is 0 Å². The molecule has 4 rings (SSSR count). The van der Waals surface area contributed by atoms with Crippen LogP contribution >= 0.6 is 0 Å². The van der Waals surface area contributed by atoms with Gasteiger partial charge in [0.1, 0.15) is 0 Å². The zero-order valence-electron chi connectivity index (χ0n) is 20.4. The van der Waals surface area contributed by atoms with Crippen LogP contribution in [0.2, 0.25) is 0 Å². The lowest BCUT2D eigenvalue weighted by molar-refractivity contribution is -0.132. The average Bonchev–Trinajstić information content (AvgIpc) is 2.89. The maximum absolute atomic E-state index is 13.2. The Labute approximate surface area is 207 Å². The molecule has 1 aliphatic heterocycles. The molecule has 0 spiro atoms. The minimum atomic E-state index is -0.229. The summed E-state index contributed by atoms with van der Waals surface area (Å²) in [6, 6.07) is 17.1. The molecule has 2 N–H and O–H groups in total. The van der Waals surface area contributed by atoms with Crippen LogP contribution in [-0.4, -0.2) is 47.8 Å². The van der Waals surface area contributed by atoms with Crippen LogP contribution in [0.4, 0.5) is 0 Å². The highest BCUT2D eigenvalue weighted by molar-refractivity contribution is 5.96.